The van der Waals surface area contributed by atoms with Gasteiger partial charge in [-0.05, 0) is 56.8 Å². The number of nitrogens with one attached hydrogen (secondary N) is 2. The zero-order valence-corrected chi connectivity index (χ0v) is 13.0. The molecular formula is C15H20N6O. The highest BCUT2D eigenvalue weighted by Gasteiger charge is 2.33. The van der Waals surface area contributed by atoms with E-state index < -0.39 is 0 Å². The highest BCUT2D eigenvalue weighted by molar-refractivity contribution is 5.96. The zero-order chi connectivity index (χ0) is 15.7. The second-order valence-corrected chi connectivity index (χ2v) is 5.95. The lowest BCUT2D eigenvalue weighted by Gasteiger charge is -2.41. The molecule has 0 saturated heterocycles. The number of benzene rings is 1. The summed E-state index contributed by atoms with van der Waals surface area (Å²) in [6, 6.07) is 6.24. The molecule has 0 radical (unpaired) electrons. The number of rotatable bonds is 4. The normalized spacial score (nSPS) is 20.7. The van der Waals surface area contributed by atoms with Gasteiger partial charge in [-0.15, -0.1) is 10.2 Å². The Bertz CT molecular complexity index is 667. The highest BCUT2D eigenvalue weighted by atomic mass is 16.1. The van der Waals surface area contributed by atoms with Gasteiger partial charge in [0.2, 0.25) is 5.82 Å². The van der Waals surface area contributed by atoms with Crippen LogP contribution in [0.4, 0.5) is 0 Å². The van der Waals surface area contributed by atoms with Crippen LogP contribution in [0.3, 0.4) is 0 Å². The van der Waals surface area contributed by atoms with Gasteiger partial charge >= 0.3 is 0 Å². The molecular weight excluding hydrogens is 280 g/mol. The van der Waals surface area contributed by atoms with Gasteiger partial charge in [-0.1, -0.05) is 6.07 Å². The largest absolute Gasteiger partial charge is 0.348 e. The van der Waals surface area contributed by atoms with Crippen LogP contribution >= 0.6 is 0 Å². The van der Waals surface area contributed by atoms with E-state index in [1.807, 2.05) is 39.2 Å². The number of carbonyl (C=O) groups is 1. The summed E-state index contributed by atoms with van der Waals surface area (Å²) in [6.07, 6.45) is 2.17. The molecule has 0 spiro atoms. The van der Waals surface area contributed by atoms with Gasteiger partial charge in [0.05, 0.1) is 0 Å². The summed E-state index contributed by atoms with van der Waals surface area (Å²) in [5.41, 5.74) is 2.44. The smallest absolute Gasteiger partial charge is 0.251 e. The Morgan fingerprint density at radius 3 is 2.73 bits per heavy atom. The first kappa shape index (κ1) is 14.6. The molecule has 1 aromatic carbocycles. The Kier molecular flexibility index (Phi) is 3.89. The lowest BCUT2D eigenvalue weighted by Crippen LogP contribution is -2.56. The van der Waals surface area contributed by atoms with Gasteiger partial charge in [-0.2, -0.15) is 5.21 Å². The maximum Gasteiger partial charge on any atom is 0.251 e. The van der Waals surface area contributed by atoms with Crippen LogP contribution in [0.25, 0.3) is 11.4 Å². The Morgan fingerprint density at radius 1 is 1.36 bits per heavy atom. The maximum atomic E-state index is 12.5. The molecule has 22 heavy (non-hydrogen) atoms. The predicted octanol–water partition coefficient (Wildman–Crippen LogP) is 0.998. The second kappa shape index (κ2) is 5.84. The van der Waals surface area contributed by atoms with Gasteiger partial charge in [-0.3, -0.25) is 4.79 Å². The third kappa shape index (κ3) is 2.71. The van der Waals surface area contributed by atoms with E-state index in [1.54, 1.807) is 0 Å². The molecule has 2 N–H and O–H groups in total. The second-order valence-electron chi connectivity index (χ2n) is 5.95. The molecule has 7 heteroatoms. The zero-order valence-electron chi connectivity index (χ0n) is 13.0. The molecule has 3 rings (SSSR count). The molecule has 1 fully saturated rings. The first-order chi connectivity index (χ1) is 10.6. The minimum atomic E-state index is -0.0197. The molecule has 1 heterocycles. The van der Waals surface area contributed by atoms with Gasteiger partial charge in [0.25, 0.3) is 5.91 Å². The summed E-state index contributed by atoms with van der Waals surface area (Å²) in [6.45, 7) is 1.92. The Morgan fingerprint density at radius 2 is 2.18 bits per heavy atom. The molecule has 1 aliphatic rings. The fraction of sp³-hybridized carbons (Fsp3) is 0.467. The predicted molar refractivity (Wildman–Crippen MR) is 82.3 cm³/mol. The van der Waals surface area contributed by atoms with Gasteiger partial charge in [0.15, 0.2) is 0 Å². The van der Waals surface area contributed by atoms with Crippen molar-refractivity contribution in [2.75, 3.05) is 14.1 Å². The lowest BCUT2D eigenvalue weighted by atomic mass is 9.85. The number of hydrogen-bond donors (Lipinski definition) is 2. The standard InChI is InChI=1S/C15H20N6O/c1-9-8-10(14-17-19-20-18-14)4-5-11(9)15(22)16-12-6-7-13(12)21(2)3/h4-5,8,12-13H,6-7H2,1-3H3,(H,16,22)(H,17,18,19,20)/t12-,13-/m1/s1. The van der Waals surface area contributed by atoms with Crippen molar-refractivity contribution in [1.82, 2.24) is 30.8 Å². The topological polar surface area (TPSA) is 86.8 Å². The number of likely N-dealkylation sites (N-methyl/N-ethyl adjacent to an activating group) is 1. The molecule has 1 aromatic heterocycles. The first-order valence-corrected chi connectivity index (χ1v) is 7.38. The fourth-order valence-corrected chi connectivity index (χ4v) is 2.86. The Hall–Kier alpha value is -2.28. The van der Waals surface area contributed by atoms with Crippen LogP contribution in [-0.4, -0.2) is 57.6 Å². The number of tetrazole rings is 1. The van der Waals surface area contributed by atoms with Crippen LogP contribution in [0.1, 0.15) is 28.8 Å². The van der Waals surface area contributed by atoms with Crippen LogP contribution in [0.5, 0.6) is 0 Å². The number of H-pyrrole nitrogens is 1. The van der Waals surface area contributed by atoms with Crippen molar-refractivity contribution in [3.05, 3.63) is 29.3 Å². The van der Waals surface area contributed by atoms with Crippen molar-refractivity contribution in [3.63, 3.8) is 0 Å². The third-order valence-electron chi connectivity index (χ3n) is 4.29. The number of hydrogen-bond acceptors (Lipinski definition) is 5. The van der Waals surface area contributed by atoms with Crippen molar-refractivity contribution in [1.29, 1.82) is 0 Å². The van der Waals surface area contributed by atoms with E-state index in [1.165, 1.54) is 0 Å². The van der Waals surface area contributed by atoms with Crippen molar-refractivity contribution < 1.29 is 4.79 Å². The van der Waals surface area contributed by atoms with E-state index in [2.05, 4.69) is 30.8 Å². The molecule has 0 bridgehead atoms. The Balaban J connectivity index is 1.73. The molecule has 116 valence electrons. The van der Waals surface area contributed by atoms with Crippen LogP contribution < -0.4 is 5.32 Å². The molecule has 1 saturated carbocycles. The fourth-order valence-electron chi connectivity index (χ4n) is 2.86. The summed E-state index contributed by atoms with van der Waals surface area (Å²) >= 11 is 0. The molecule has 7 nitrogen and oxygen atoms in total. The monoisotopic (exact) mass is 300 g/mol. The number of aromatic amines is 1. The van der Waals surface area contributed by atoms with E-state index in [4.69, 9.17) is 0 Å². The number of aryl methyl sites for hydroxylation is 1. The van der Waals surface area contributed by atoms with E-state index in [-0.39, 0.29) is 11.9 Å². The van der Waals surface area contributed by atoms with Crippen molar-refractivity contribution in [2.24, 2.45) is 0 Å². The molecule has 2 atom stereocenters. The van der Waals surface area contributed by atoms with Crippen LogP contribution in [0, 0.1) is 6.92 Å². The van der Waals surface area contributed by atoms with Gasteiger partial charge in [-0.25, -0.2) is 0 Å². The SMILES string of the molecule is Cc1cc(-c2nn[nH]n2)ccc1C(=O)N[C@@H]1CC[C@H]1N(C)C. The molecule has 0 unspecified atom stereocenters. The summed E-state index contributed by atoms with van der Waals surface area (Å²) in [5, 5.41) is 17.0. The maximum absolute atomic E-state index is 12.5. The van der Waals surface area contributed by atoms with Crippen molar-refractivity contribution >= 4 is 5.91 Å². The van der Waals surface area contributed by atoms with Gasteiger partial charge < -0.3 is 10.2 Å². The van der Waals surface area contributed by atoms with E-state index in [9.17, 15) is 4.79 Å². The number of carbonyl (C=O) groups excluding carboxylic acids is 1. The van der Waals surface area contributed by atoms with Crippen LogP contribution in [-0.2, 0) is 0 Å². The molecule has 1 amide bonds. The number of amides is 1. The quantitative estimate of drug-likeness (QED) is 0.879. The summed E-state index contributed by atoms with van der Waals surface area (Å²) in [7, 11) is 4.10. The van der Waals surface area contributed by atoms with Crippen LogP contribution in [0.15, 0.2) is 18.2 Å². The molecule has 1 aliphatic carbocycles. The minimum Gasteiger partial charge on any atom is -0.348 e. The summed E-state index contributed by atoms with van der Waals surface area (Å²) in [5.74, 6) is 0.510. The average molecular weight is 300 g/mol. The van der Waals surface area contributed by atoms with Crippen LogP contribution in [0.2, 0.25) is 0 Å². The van der Waals surface area contributed by atoms with Crippen molar-refractivity contribution in [2.45, 2.75) is 31.8 Å². The number of aromatic nitrogens is 4. The third-order valence-corrected chi connectivity index (χ3v) is 4.29. The summed E-state index contributed by atoms with van der Waals surface area (Å²) < 4.78 is 0. The highest BCUT2D eigenvalue weighted by Crippen LogP contribution is 2.25. The number of nitrogens with zero attached hydrogens (tertiary/aromatic N) is 4. The summed E-state index contributed by atoms with van der Waals surface area (Å²) in [4.78, 5) is 14.6. The first-order valence-electron chi connectivity index (χ1n) is 7.38. The van der Waals surface area contributed by atoms with E-state index >= 15 is 0 Å². The van der Waals surface area contributed by atoms with E-state index in [0.29, 0.717) is 17.4 Å². The lowest BCUT2D eigenvalue weighted by molar-refractivity contribution is 0.0820. The van der Waals surface area contributed by atoms with Gasteiger partial charge in [0, 0.05) is 23.2 Å². The molecule has 2 aromatic rings. The van der Waals surface area contributed by atoms with Crippen molar-refractivity contribution in [3.8, 4) is 11.4 Å². The average Bonchev–Trinajstić information content (AvgIpc) is 2.96. The van der Waals surface area contributed by atoms with Gasteiger partial charge in [0.1, 0.15) is 0 Å². The van der Waals surface area contributed by atoms with E-state index in [0.717, 1.165) is 24.0 Å². The molecule has 0 aliphatic heterocycles. The minimum absolute atomic E-state index is 0.0197. The Labute approximate surface area is 129 Å².